The second-order valence-electron chi connectivity index (χ2n) is 7.41. The molecule has 0 bridgehead atoms. The molecule has 4 rings (SSSR count). The first-order valence-corrected chi connectivity index (χ1v) is 10.6. The van der Waals surface area contributed by atoms with Crippen molar-refractivity contribution >= 4 is 22.9 Å². The first-order chi connectivity index (χ1) is 13.7. The molecule has 1 aromatic heterocycles. The molecule has 144 valence electrons. The van der Waals surface area contributed by atoms with Crippen molar-refractivity contribution in [3.8, 4) is 11.1 Å². The molecule has 5 heteroatoms. The van der Waals surface area contributed by atoms with Gasteiger partial charge in [-0.2, -0.15) is 0 Å². The number of amides is 1. The monoisotopic (exact) mass is 391 g/mol. The lowest BCUT2D eigenvalue weighted by Gasteiger charge is -2.30. The Morgan fingerprint density at radius 3 is 2.61 bits per heavy atom. The number of hydrogen-bond donors (Lipinski definition) is 1. The number of carbonyl (C=O) groups is 1. The van der Waals surface area contributed by atoms with E-state index in [4.69, 9.17) is 0 Å². The van der Waals surface area contributed by atoms with E-state index in [-0.39, 0.29) is 11.8 Å². The Hall–Kier alpha value is -2.50. The van der Waals surface area contributed by atoms with Crippen LogP contribution in [0, 0.1) is 12.8 Å². The molecule has 1 N–H and O–H groups in total. The number of nitrogens with one attached hydrogen (secondary N) is 1. The highest BCUT2D eigenvalue weighted by molar-refractivity contribution is 7.09. The van der Waals surface area contributed by atoms with Crippen molar-refractivity contribution in [1.82, 2.24) is 9.88 Å². The summed E-state index contributed by atoms with van der Waals surface area (Å²) in [5.74, 6) is 0.223. The van der Waals surface area contributed by atoms with E-state index in [1.54, 1.807) is 11.3 Å². The number of aromatic nitrogens is 1. The SMILES string of the molecule is Cc1cccc(-c2ccc(NC(=O)C3CCN(Cc4nccs4)CC3)cc2)c1. The van der Waals surface area contributed by atoms with Crippen molar-refractivity contribution in [2.75, 3.05) is 18.4 Å². The average Bonchev–Trinajstić information content (AvgIpc) is 3.22. The number of piperidine rings is 1. The number of rotatable bonds is 5. The predicted molar refractivity (Wildman–Crippen MR) is 115 cm³/mol. The molecular weight excluding hydrogens is 366 g/mol. The summed E-state index contributed by atoms with van der Waals surface area (Å²) >= 11 is 1.69. The largest absolute Gasteiger partial charge is 0.326 e. The highest BCUT2D eigenvalue weighted by atomic mass is 32.1. The van der Waals surface area contributed by atoms with E-state index in [0.29, 0.717) is 0 Å². The van der Waals surface area contributed by atoms with Crippen molar-refractivity contribution in [3.63, 3.8) is 0 Å². The van der Waals surface area contributed by atoms with Gasteiger partial charge >= 0.3 is 0 Å². The van der Waals surface area contributed by atoms with Crippen LogP contribution in [0.4, 0.5) is 5.69 Å². The van der Waals surface area contributed by atoms with Gasteiger partial charge in [0.1, 0.15) is 5.01 Å². The molecule has 3 aromatic rings. The van der Waals surface area contributed by atoms with Crippen LogP contribution >= 0.6 is 11.3 Å². The van der Waals surface area contributed by atoms with Crippen molar-refractivity contribution < 1.29 is 4.79 Å². The van der Waals surface area contributed by atoms with Crippen LogP contribution in [-0.4, -0.2) is 28.9 Å². The number of carbonyl (C=O) groups excluding carboxylic acids is 1. The molecule has 4 nitrogen and oxygen atoms in total. The summed E-state index contributed by atoms with van der Waals surface area (Å²) in [7, 11) is 0. The lowest BCUT2D eigenvalue weighted by molar-refractivity contribution is -0.121. The Kier molecular flexibility index (Phi) is 5.84. The number of aryl methyl sites for hydroxylation is 1. The topological polar surface area (TPSA) is 45.2 Å². The highest BCUT2D eigenvalue weighted by Crippen LogP contribution is 2.24. The molecule has 0 atom stereocenters. The van der Waals surface area contributed by atoms with Crippen LogP contribution < -0.4 is 5.32 Å². The van der Waals surface area contributed by atoms with E-state index >= 15 is 0 Å². The highest BCUT2D eigenvalue weighted by Gasteiger charge is 2.25. The van der Waals surface area contributed by atoms with Gasteiger partial charge in [0, 0.05) is 23.2 Å². The van der Waals surface area contributed by atoms with Gasteiger partial charge in [-0.05, 0) is 56.1 Å². The Bertz CT molecular complexity index is 913. The normalized spacial score (nSPS) is 15.5. The van der Waals surface area contributed by atoms with Crippen LogP contribution in [0.15, 0.2) is 60.1 Å². The van der Waals surface area contributed by atoms with Gasteiger partial charge in [-0.25, -0.2) is 4.98 Å². The van der Waals surface area contributed by atoms with E-state index in [0.717, 1.165) is 48.7 Å². The molecular formula is C23H25N3OS. The van der Waals surface area contributed by atoms with Crippen LogP contribution in [-0.2, 0) is 11.3 Å². The molecule has 0 spiro atoms. The summed E-state index contributed by atoms with van der Waals surface area (Å²) < 4.78 is 0. The summed E-state index contributed by atoms with van der Waals surface area (Å²) in [6, 6.07) is 16.6. The van der Waals surface area contributed by atoms with Gasteiger partial charge in [-0.1, -0.05) is 42.0 Å². The molecule has 1 saturated heterocycles. The van der Waals surface area contributed by atoms with Crippen molar-refractivity contribution in [2.24, 2.45) is 5.92 Å². The van der Waals surface area contributed by atoms with Crippen molar-refractivity contribution in [1.29, 1.82) is 0 Å². The van der Waals surface area contributed by atoms with Crippen LogP contribution in [0.3, 0.4) is 0 Å². The van der Waals surface area contributed by atoms with E-state index < -0.39 is 0 Å². The predicted octanol–water partition coefficient (Wildman–Crippen LogP) is 4.97. The molecule has 0 aliphatic carbocycles. The molecule has 0 unspecified atom stereocenters. The maximum Gasteiger partial charge on any atom is 0.227 e. The second-order valence-corrected chi connectivity index (χ2v) is 8.39. The molecule has 1 fully saturated rings. The number of nitrogens with zero attached hydrogens (tertiary/aromatic N) is 2. The number of thiazole rings is 1. The molecule has 1 amide bonds. The number of benzene rings is 2. The van der Waals surface area contributed by atoms with E-state index in [2.05, 4.69) is 58.5 Å². The molecule has 0 saturated carbocycles. The zero-order chi connectivity index (χ0) is 19.3. The summed E-state index contributed by atoms with van der Waals surface area (Å²) in [4.78, 5) is 19.4. The van der Waals surface area contributed by atoms with Gasteiger partial charge in [0.15, 0.2) is 0 Å². The maximum atomic E-state index is 12.7. The molecule has 2 heterocycles. The molecule has 2 aromatic carbocycles. The fourth-order valence-electron chi connectivity index (χ4n) is 3.69. The second kappa shape index (κ2) is 8.67. The lowest BCUT2D eigenvalue weighted by atomic mass is 9.95. The van der Waals surface area contributed by atoms with Crippen molar-refractivity contribution in [3.05, 3.63) is 70.7 Å². The van der Waals surface area contributed by atoms with E-state index in [1.807, 2.05) is 23.7 Å². The van der Waals surface area contributed by atoms with Gasteiger partial charge in [-0.3, -0.25) is 9.69 Å². The third-order valence-corrected chi connectivity index (χ3v) is 6.07. The van der Waals surface area contributed by atoms with E-state index in [1.165, 1.54) is 11.1 Å². The fourth-order valence-corrected chi connectivity index (χ4v) is 4.35. The van der Waals surface area contributed by atoms with E-state index in [9.17, 15) is 4.79 Å². The van der Waals surface area contributed by atoms with Crippen LogP contribution in [0.2, 0.25) is 0 Å². The minimum atomic E-state index is 0.0870. The molecule has 1 aliphatic rings. The van der Waals surface area contributed by atoms with Gasteiger partial charge in [-0.15, -0.1) is 11.3 Å². The zero-order valence-corrected chi connectivity index (χ0v) is 16.9. The van der Waals surface area contributed by atoms with Gasteiger partial charge in [0.25, 0.3) is 0 Å². The quantitative estimate of drug-likeness (QED) is 0.668. The molecule has 0 radical (unpaired) electrons. The number of hydrogen-bond acceptors (Lipinski definition) is 4. The summed E-state index contributed by atoms with van der Waals surface area (Å²) in [6.07, 6.45) is 3.65. The van der Waals surface area contributed by atoms with Crippen LogP contribution in [0.5, 0.6) is 0 Å². The first kappa shape index (κ1) is 18.8. The standard InChI is InChI=1S/C23H25N3OS/c1-17-3-2-4-20(15-17)18-5-7-21(8-6-18)25-23(27)19-9-12-26(13-10-19)16-22-24-11-14-28-22/h2-8,11,14-15,19H,9-10,12-13,16H2,1H3,(H,25,27). The van der Waals surface area contributed by atoms with Crippen molar-refractivity contribution in [2.45, 2.75) is 26.3 Å². The van der Waals surface area contributed by atoms with Crippen LogP contribution in [0.25, 0.3) is 11.1 Å². The summed E-state index contributed by atoms with van der Waals surface area (Å²) in [5, 5.41) is 6.26. The Morgan fingerprint density at radius 1 is 1.14 bits per heavy atom. The minimum absolute atomic E-state index is 0.0870. The number of anilines is 1. The number of likely N-dealkylation sites (tertiary alicyclic amines) is 1. The van der Waals surface area contributed by atoms with Gasteiger partial charge in [0.05, 0.1) is 6.54 Å². The van der Waals surface area contributed by atoms with Crippen LogP contribution in [0.1, 0.15) is 23.4 Å². The third kappa shape index (κ3) is 4.66. The fraction of sp³-hybridized carbons (Fsp3) is 0.304. The molecule has 1 aliphatic heterocycles. The minimum Gasteiger partial charge on any atom is -0.326 e. The lowest BCUT2D eigenvalue weighted by Crippen LogP contribution is -2.37. The molecule has 28 heavy (non-hydrogen) atoms. The average molecular weight is 392 g/mol. The Morgan fingerprint density at radius 2 is 1.93 bits per heavy atom. The maximum absolute atomic E-state index is 12.7. The first-order valence-electron chi connectivity index (χ1n) is 9.76. The third-order valence-electron chi connectivity index (χ3n) is 5.30. The zero-order valence-electron chi connectivity index (χ0n) is 16.1. The summed E-state index contributed by atoms with van der Waals surface area (Å²) in [5.41, 5.74) is 4.48. The smallest absolute Gasteiger partial charge is 0.227 e. The van der Waals surface area contributed by atoms with Gasteiger partial charge < -0.3 is 5.32 Å². The Labute approximate surface area is 170 Å². The van der Waals surface area contributed by atoms with Gasteiger partial charge in [0.2, 0.25) is 5.91 Å². The summed E-state index contributed by atoms with van der Waals surface area (Å²) in [6.45, 7) is 4.89. The Balaban J connectivity index is 1.30.